The van der Waals surface area contributed by atoms with Crippen LogP contribution in [0.15, 0.2) is 48.9 Å². The lowest BCUT2D eigenvalue weighted by Gasteiger charge is -2.25. The van der Waals surface area contributed by atoms with Crippen LogP contribution in [0.2, 0.25) is 24.7 Å². The maximum Gasteiger partial charge on any atom is 0.148 e. The monoisotopic (exact) mass is 578 g/mol. The van der Waals surface area contributed by atoms with E-state index in [0.717, 1.165) is 22.4 Å². The van der Waals surface area contributed by atoms with Crippen LogP contribution in [0, 0.1) is 6.92 Å². The first-order valence-electron chi connectivity index (χ1n) is 13.3. The van der Waals surface area contributed by atoms with E-state index in [1.165, 1.54) is 0 Å². The molecule has 210 valence electrons. The summed E-state index contributed by atoms with van der Waals surface area (Å²) in [7, 11) is -1.40. The summed E-state index contributed by atoms with van der Waals surface area (Å²) in [5.41, 5.74) is 3.74. The Hall–Kier alpha value is -3.31. The van der Waals surface area contributed by atoms with E-state index in [0.29, 0.717) is 46.5 Å². The Morgan fingerprint density at radius 1 is 1.07 bits per heavy atom. The van der Waals surface area contributed by atoms with Gasteiger partial charge in [0.2, 0.25) is 0 Å². The van der Waals surface area contributed by atoms with Gasteiger partial charge in [-0.3, -0.25) is 9.67 Å². The van der Waals surface area contributed by atoms with E-state index < -0.39 is 13.7 Å². The number of fused-ring (bicyclic) bond motifs is 2. The van der Waals surface area contributed by atoms with Crippen molar-refractivity contribution in [1.82, 2.24) is 29.3 Å². The number of rotatable bonds is 9. The van der Waals surface area contributed by atoms with Crippen molar-refractivity contribution in [2.24, 2.45) is 0 Å². The molecule has 0 aliphatic heterocycles. The van der Waals surface area contributed by atoms with Crippen LogP contribution in [0.1, 0.15) is 26.6 Å². The second kappa shape index (κ2) is 10.6. The van der Waals surface area contributed by atoms with Gasteiger partial charge in [-0.05, 0) is 52.0 Å². The fourth-order valence-electron chi connectivity index (χ4n) is 4.24. The van der Waals surface area contributed by atoms with E-state index in [-0.39, 0.29) is 5.73 Å². The lowest BCUT2D eigenvalue weighted by atomic mass is 10.1. The van der Waals surface area contributed by atoms with Crippen molar-refractivity contribution in [1.29, 1.82) is 0 Å². The first-order chi connectivity index (χ1) is 18.8. The number of imidazole rings is 1. The number of halogens is 1. The average molecular weight is 579 g/mol. The Morgan fingerprint density at radius 2 is 1.85 bits per heavy atom. The molecule has 9 nitrogen and oxygen atoms in total. The Morgan fingerprint density at radius 3 is 2.58 bits per heavy atom. The van der Waals surface area contributed by atoms with E-state index in [1.807, 2.05) is 37.4 Å². The van der Waals surface area contributed by atoms with Gasteiger partial charge in [0.15, 0.2) is 0 Å². The highest BCUT2D eigenvalue weighted by molar-refractivity contribution is 6.77. The van der Waals surface area contributed by atoms with E-state index in [1.54, 1.807) is 37.0 Å². The summed E-state index contributed by atoms with van der Waals surface area (Å²) in [5.74, 6) is 1.97. The van der Waals surface area contributed by atoms with Crippen LogP contribution in [-0.2, 0) is 18.0 Å². The lowest BCUT2D eigenvalue weighted by Crippen LogP contribution is -2.38. The van der Waals surface area contributed by atoms with Gasteiger partial charge in [0, 0.05) is 23.6 Å². The number of nitrogens with zero attached hydrogens (tertiary/aromatic N) is 6. The van der Waals surface area contributed by atoms with Crippen LogP contribution in [-0.4, -0.2) is 53.8 Å². The zero-order valence-corrected chi connectivity index (χ0v) is 25.7. The molecule has 0 amide bonds. The van der Waals surface area contributed by atoms with Gasteiger partial charge in [-0.25, -0.2) is 9.97 Å². The number of aromatic nitrogens is 6. The molecule has 3 aromatic heterocycles. The molecule has 1 N–H and O–H groups in total. The van der Waals surface area contributed by atoms with E-state index in [2.05, 4.69) is 41.2 Å². The summed E-state index contributed by atoms with van der Waals surface area (Å²) in [6, 6.07) is 9.42. The number of hydrogen-bond acceptors (Lipinski definition) is 7. The van der Waals surface area contributed by atoms with Crippen molar-refractivity contribution >= 4 is 41.7 Å². The van der Waals surface area contributed by atoms with Crippen molar-refractivity contribution in [3.8, 4) is 22.8 Å². The Labute approximate surface area is 239 Å². The fourth-order valence-corrected chi connectivity index (χ4v) is 5.06. The van der Waals surface area contributed by atoms with Gasteiger partial charge in [-0.15, -0.1) is 0 Å². The van der Waals surface area contributed by atoms with Gasteiger partial charge in [-0.1, -0.05) is 31.2 Å². The molecular weight excluding hydrogens is 544 g/mol. The summed E-state index contributed by atoms with van der Waals surface area (Å²) >= 11 is 6.78. The molecule has 5 rings (SSSR count). The van der Waals surface area contributed by atoms with Crippen LogP contribution < -0.4 is 4.74 Å². The lowest BCUT2D eigenvalue weighted by molar-refractivity contribution is 0.0575. The van der Waals surface area contributed by atoms with Crippen molar-refractivity contribution in [3.63, 3.8) is 0 Å². The van der Waals surface area contributed by atoms with Crippen molar-refractivity contribution in [2.45, 2.75) is 71.9 Å². The molecule has 0 aliphatic carbocycles. The summed E-state index contributed by atoms with van der Waals surface area (Å²) in [4.78, 5) is 14.0. The molecular formula is C29H35ClN6O3Si. The van der Waals surface area contributed by atoms with Crippen molar-refractivity contribution in [2.75, 3.05) is 0 Å². The maximum atomic E-state index is 10.1. The zero-order chi connectivity index (χ0) is 28.8. The third-order valence-electron chi connectivity index (χ3n) is 6.91. The van der Waals surface area contributed by atoms with E-state index in [4.69, 9.17) is 31.0 Å². The number of ether oxygens (including phenoxy) is 2. The average Bonchev–Trinajstić information content (AvgIpc) is 3.45. The minimum absolute atomic E-state index is 0.231. The summed E-state index contributed by atoms with van der Waals surface area (Å²) < 4.78 is 16.2. The van der Waals surface area contributed by atoms with Crippen LogP contribution in [0.4, 0.5) is 0 Å². The molecule has 0 bridgehead atoms. The molecule has 11 heteroatoms. The third kappa shape index (κ3) is 6.05. The number of benzene rings is 2. The second-order valence-electron chi connectivity index (χ2n) is 11.9. The van der Waals surface area contributed by atoms with Gasteiger partial charge < -0.3 is 19.1 Å². The predicted octanol–water partition coefficient (Wildman–Crippen LogP) is 6.61. The molecule has 0 saturated heterocycles. The molecule has 40 heavy (non-hydrogen) atoms. The molecule has 0 aliphatic rings. The molecule has 0 saturated carbocycles. The van der Waals surface area contributed by atoms with Crippen LogP contribution >= 0.6 is 11.6 Å². The molecule has 3 heterocycles. The summed E-state index contributed by atoms with van der Waals surface area (Å²) in [5, 5.41) is 14.8. The highest BCUT2D eigenvalue weighted by Crippen LogP contribution is 2.36. The van der Waals surface area contributed by atoms with Gasteiger partial charge in [0.05, 0.1) is 54.9 Å². The van der Waals surface area contributed by atoms with Crippen LogP contribution in [0.3, 0.4) is 0 Å². The Bertz CT molecular complexity index is 1690. The van der Waals surface area contributed by atoms with Gasteiger partial charge >= 0.3 is 0 Å². The van der Waals surface area contributed by atoms with Crippen molar-refractivity contribution in [3.05, 3.63) is 59.8 Å². The third-order valence-corrected chi connectivity index (χ3v) is 9.88. The van der Waals surface area contributed by atoms with E-state index >= 15 is 0 Å². The molecule has 1 atom stereocenters. The molecule has 0 radical (unpaired) electrons. The zero-order valence-electron chi connectivity index (χ0n) is 23.9. The van der Waals surface area contributed by atoms with Gasteiger partial charge in [0.1, 0.15) is 34.6 Å². The summed E-state index contributed by atoms with van der Waals surface area (Å²) in [6.07, 6.45) is 5.21. The first kappa shape index (κ1) is 28.2. The number of aliphatic hydroxyl groups is 1. The molecule has 1 unspecified atom stereocenters. The molecule has 0 fully saturated rings. The smallest absolute Gasteiger partial charge is 0.148 e. The maximum absolute atomic E-state index is 10.1. The molecule has 0 spiro atoms. The highest BCUT2D eigenvalue weighted by atomic mass is 35.5. The minimum atomic E-state index is -1.40. The molecule has 2 aromatic carbocycles. The van der Waals surface area contributed by atoms with E-state index in [9.17, 15) is 5.11 Å². The van der Waals surface area contributed by atoms with Crippen molar-refractivity contribution < 1.29 is 14.6 Å². The Balaban J connectivity index is 1.39. The largest absolute Gasteiger partial charge is 0.456 e. The topological polar surface area (TPSA) is 100 Å². The first-order valence-corrected chi connectivity index (χ1v) is 17.2. The molecule has 5 aromatic rings. The predicted molar refractivity (Wildman–Crippen MR) is 161 cm³/mol. The number of hydrogen-bond donors (Lipinski definition) is 1. The van der Waals surface area contributed by atoms with Gasteiger partial charge in [-0.2, -0.15) is 5.10 Å². The standard InChI is InChI=1S/C29H35ClN6O3Si/c1-18-33-23-12-21(8-10-25(23)36(18)17-38-19(2)40(5,6)7)39-26-11-9-22-28(27(26)30)34-24(14-31-22)20-13-32-35(15-20)16-29(3,4)37/h8-15,19,37H,16-17H2,1-7H3. The van der Waals surface area contributed by atoms with Crippen LogP contribution in [0.5, 0.6) is 11.5 Å². The summed E-state index contributed by atoms with van der Waals surface area (Å²) in [6.45, 7) is 15.3. The minimum Gasteiger partial charge on any atom is -0.456 e. The highest BCUT2D eigenvalue weighted by Gasteiger charge is 2.24. The SMILES string of the molecule is Cc1nc2cc(Oc3ccc4ncc(-c5cnn(CC(C)(C)O)c5)nc4c3Cl)ccc2n1COC(C)[Si](C)(C)C. The quantitative estimate of drug-likeness (QED) is 0.196. The van der Waals surface area contributed by atoms with Gasteiger partial charge in [0.25, 0.3) is 0 Å². The fraction of sp³-hybridized carbons (Fsp3) is 0.379. The number of aryl methyl sites for hydroxylation is 1. The normalized spacial score (nSPS) is 13.3. The second-order valence-corrected chi connectivity index (χ2v) is 17.8. The Kier molecular flexibility index (Phi) is 7.47. The van der Waals surface area contributed by atoms with Crippen LogP contribution in [0.25, 0.3) is 33.3 Å².